The summed E-state index contributed by atoms with van der Waals surface area (Å²) in [6.45, 7) is 1.19. The van der Waals surface area contributed by atoms with Crippen molar-refractivity contribution in [3.05, 3.63) is 42.5 Å². The molecule has 0 bridgehead atoms. The summed E-state index contributed by atoms with van der Waals surface area (Å²) < 4.78 is 24.2. The molecule has 1 aromatic carbocycles. The van der Waals surface area contributed by atoms with Crippen LogP contribution in [0, 0.1) is 6.61 Å². The fraction of sp³-hybridized carbons (Fsp3) is 0. The lowest BCUT2D eigenvalue weighted by atomic mass is 10.2. The number of hydrogen-bond donors (Lipinski definition) is 1. The van der Waals surface area contributed by atoms with E-state index in [1.165, 1.54) is 6.61 Å². The molecule has 1 rings (SSSR count). The minimum Gasteiger partial charge on any atom is -0.261 e. The second-order valence-corrected chi connectivity index (χ2v) is 2.52. The Balaban J connectivity index is 2.52. The predicted octanol–water partition coefficient (Wildman–Crippen LogP) is 0.739. The molecular formula is C7H7O3S. The zero-order valence-corrected chi connectivity index (χ0v) is 6.53. The summed E-state index contributed by atoms with van der Waals surface area (Å²) in [6.07, 6.45) is 0. The molecular weight excluding hydrogens is 164 g/mol. The molecule has 0 aliphatic heterocycles. The monoisotopic (exact) mass is 171 g/mol. The molecule has 0 N–H and O–H groups in total. The third-order valence-electron chi connectivity index (χ3n) is 1.07. The van der Waals surface area contributed by atoms with E-state index in [1.807, 2.05) is 6.07 Å². The molecule has 0 amide bonds. The number of benzene rings is 1. The van der Waals surface area contributed by atoms with Gasteiger partial charge in [-0.1, -0.05) is 30.3 Å². The molecule has 11 heavy (non-hydrogen) atoms. The van der Waals surface area contributed by atoms with Gasteiger partial charge in [-0.05, 0) is 5.56 Å². The minimum atomic E-state index is -2.78. The smallest absolute Gasteiger partial charge is 0.257 e. The van der Waals surface area contributed by atoms with E-state index < -0.39 is 11.0 Å². The van der Waals surface area contributed by atoms with Gasteiger partial charge in [0.05, 0.1) is 0 Å². The van der Waals surface area contributed by atoms with Crippen LogP contribution in [-0.2, 0) is 15.2 Å². The van der Waals surface area contributed by atoms with Crippen molar-refractivity contribution in [3.63, 3.8) is 0 Å². The maximum absolute atomic E-state index is 9.96. The third kappa shape index (κ3) is 3.15. The lowest BCUT2D eigenvalue weighted by molar-refractivity contribution is 0.429. The Morgan fingerprint density at radius 3 is 2.36 bits per heavy atom. The summed E-state index contributed by atoms with van der Waals surface area (Å²) in [4.78, 5) is 0. The standard InChI is InChI=1S/C7H7O3S/c8-11(9)10-6-7-4-2-1-3-5-7/h1-6,11H. The normalized spacial score (nSPS) is 10.3. The van der Waals surface area contributed by atoms with E-state index in [-0.39, 0.29) is 0 Å². The molecule has 59 valence electrons. The second-order valence-electron chi connectivity index (χ2n) is 1.86. The van der Waals surface area contributed by atoms with E-state index in [0.717, 1.165) is 5.56 Å². The Hall–Kier alpha value is -0.870. The highest BCUT2D eigenvalue weighted by Gasteiger charge is 1.91. The van der Waals surface area contributed by atoms with Crippen molar-refractivity contribution in [2.75, 3.05) is 0 Å². The highest BCUT2D eigenvalue weighted by molar-refractivity contribution is 7.67. The van der Waals surface area contributed by atoms with Crippen molar-refractivity contribution >= 4 is 11.0 Å². The first-order valence-corrected chi connectivity index (χ1v) is 4.08. The SMILES string of the molecule is O=[SH](=O)O[CH]c1ccccc1. The van der Waals surface area contributed by atoms with E-state index >= 15 is 0 Å². The van der Waals surface area contributed by atoms with Crippen LogP contribution in [0.4, 0.5) is 0 Å². The number of thiol groups is 1. The highest BCUT2D eigenvalue weighted by atomic mass is 32.2. The first-order valence-electron chi connectivity index (χ1n) is 2.98. The molecule has 1 aromatic rings. The Bertz CT molecular complexity index is 271. The summed E-state index contributed by atoms with van der Waals surface area (Å²) in [5, 5.41) is 0. The van der Waals surface area contributed by atoms with Crippen molar-refractivity contribution in [1.29, 1.82) is 0 Å². The van der Waals surface area contributed by atoms with Crippen LogP contribution in [0.5, 0.6) is 0 Å². The summed E-state index contributed by atoms with van der Waals surface area (Å²) >= 11 is 0. The van der Waals surface area contributed by atoms with Crippen LogP contribution >= 0.6 is 0 Å². The van der Waals surface area contributed by atoms with Gasteiger partial charge in [0.1, 0.15) is 6.61 Å². The van der Waals surface area contributed by atoms with Gasteiger partial charge in [-0.3, -0.25) is 4.18 Å². The lowest BCUT2D eigenvalue weighted by Crippen LogP contribution is -1.86. The first kappa shape index (κ1) is 8.23. The topological polar surface area (TPSA) is 43.4 Å². The second kappa shape index (κ2) is 4.10. The molecule has 0 aliphatic carbocycles. The Morgan fingerprint density at radius 2 is 1.82 bits per heavy atom. The fourth-order valence-corrected chi connectivity index (χ4v) is 0.843. The maximum atomic E-state index is 9.96. The Kier molecular flexibility index (Phi) is 3.07. The fourth-order valence-electron chi connectivity index (χ4n) is 0.635. The molecule has 1 radical (unpaired) electrons. The van der Waals surface area contributed by atoms with Crippen LogP contribution < -0.4 is 0 Å². The number of hydrogen-bond acceptors (Lipinski definition) is 3. The molecule has 4 heteroatoms. The van der Waals surface area contributed by atoms with Gasteiger partial charge in [-0.25, -0.2) is 8.42 Å². The van der Waals surface area contributed by atoms with Crippen molar-refractivity contribution in [3.8, 4) is 0 Å². The maximum Gasteiger partial charge on any atom is 0.257 e. The van der Waals surface area contributed by atoms with Crippen LogP contribution in [0.25, 0.3) is 0 Å². The Labute approximate surface area is 66.8 Å². The molecule has 0 saturated carbocycles. The van der Waals surface area contributed by atoms with Crippen LogP contribution in [-0.4, -0.2) is 8.42 Å². The number of rotatable bonds is 3. The van der Waals surface area contributed by atoms with Crippen molar-refractivity contribution < 1.29 is 12.6 Å². The van der Waals surface area contributed by atoms with Gasteiger partial charge in [0.2, 0.25) is 0 Å². The first-order chi connectivity index (χ1) is 5.29. The molecule has 0 fully saturated rings. The Morgan fingerprint density at radius 1 is 1.18 bits per heavy atom. The van der Waals surface area contributed by atoms with E-state index in [1.54, 1.807) is 24.3 Å². The van der Waals surface area contributed by atoms with Gasteiger partial charge in [0, 0.05) is 0 Å². The van der Waals surface area contributed by atoms with Gasteiger partial charge in [0.25, 0.3) is 11.0 Å². The molecule has 3 nitrogen and oxygen atoms in total. The van der Waals surface area contributed by atoms with Gasteiger partial charge in [-0.2, -0.15) is 0 Å². The molecule has 0 aliphatic rings. The van der Waals surface area contributed by atoms with Gasteiger partial charge >= 0.3 is 0 Å². The minimum absolute atomic E-state index is 0.728. The van der Waals surface area contributed by atoms with E-state index in [9.17, 15) is 8.42 Å². The van der Waals surface area contributed by atoms with Crippen LogP contribution in [0.15, 0.2) is 30.3 Å². The molecule has 0 spiro atoms. The van der Waals surface area contributed by atoms with E-state index in [4.69, 9.17) is 0 Å². The summed E-state index contributed by atoms with van der Waals surface area (Å²) in [7, 11) is -2.78. The van der Waals surface area contributed by atoms with E-state index in [2.05, 4.69) is 4.18 Å². The summed E-state index contributed by atoms with van der Waals surface area (Å²) in [5.74, 6) is 0. The third-order valence-corrected chi connectivity index (χ3v) is 1.35. The molecule has 0 aromatic heterocycles. The zero-order chi connectivity index (χ0) is 8.10. The molecule has 0 unspecified atom stereocenters. The van der Waals surface area contributed by atoms with Gasteiger partial charge in [0.15, 0.2) is 0 Å². The van der Waals surface area contributed by atoms with Crippen molar-refractivity contribution in [2.24, 2.45) is 0 Å². The predicted molar refractivity (Wildman–Crippen MR) is 41.2 cm³/mol. The highest BCUT2D eigenvalue weighted by Crippen LogP contribution is 2.01. The quantitative estimate of drug-likeness (QED) is 0.682. The largest absolute Gasteiger partial charge is 0.261 e. The summed E-state index contributed by atoms with van der Waals surface area (Å²) in [6, 6.07) is 8.94. The molecule has 0 saturated heterocycles. The lowest BCUT2D eigenvalue weighted by Gasteiger charge is -1.93. The summed E-state index contributed by atoms with van der Waals surface area (Å²) in [5.41, 5.74) is 0.728. The molecule has 0 atom stereocenters. The van der Waals surface area contributed by atoms with E-state index in [0.29, 0.717) is 0 Å². The van der Waals surface area contributed by atoms with Gasteiger partial charge in [-0.15, -0.1) is 0 Å². The molecule has 0 heterocycles. The van der Waals surface area contributed by atoms with Crippen molar-refractivity contribution in [2.45, 2.75) is 0 Å². The average Bonchev–Trinajstić information content (AvgIpc) is 2.03. The zero-order valence-electron chi connectivity index (χ0n) is 5.64. The average molecular weight is 171 g/mol. The van der Waals surface area contributed by atoms with Crippen LogP contribution in [0.2, 0.25) is 0 Å². The van der Waals surface area contributed by atoms with Crippen LogP contribution in [0.1, 0.15) is 5.56 Å². The van der Waals surface area contributed by atoms with Crippen LogP contribution in [0.3, 0.4) is 0 Å². The van der Waals surface area contributed by atoms with Crippen molar-refractivity contribution in [1.82, 2.24) is 0 Å². The van der Waals surface area contributed by atoms with Gasteiger partial charge < -0.3 is 0 Å².